The van der Waals surface area contributed by atoms with E-state index in [-0.39, 0.29) is 0 Å². The van der Waals surface area contributed by atoms with Crippen LogP contribution in [0.3, 0.4) is 0 Å². The third kappa shape index (κ3) is 8.19. The van der Waals surface area contributed by atoms with Crippen LogP contribution in [0.1, 0.15) is 65.7 Å². The second-order valence-electron chi connectivity index (χ2n) is 5.51. The van der Waals surface area contributed by atoms with Gasteiger partial charge >= 0.3 is 5.97 Å². The molecule has 1 rings (SSSR count). The van der Waals surface area contributed by atoms with Crippen LogP contribution in [-0.4, -0.2) is 18.6 Å². The molecule has 0 aromatic carbocycles. The molecule has 3 heteroatoms. The van der Waals surface area contributed by atoms with Crippen molar-refractivity contribution in [2.24, 2.45) is 11.7 Å². The molecule has 0 atom stereocenters. The van der Waals surface area contributed by atoms with Crippen LogP contribution in [-0.2, 0) is 9.53 Å². The molecule has 0 spiro atoms. The van der Waals surface area contributed by atoms with Crippen molar-refractivity contribution in [2.75, 3.05) is 7.11 Å². The number of methoxy groups -OCH3 is 1. The monoisotopic (exact) mass is 243 g/mol. The van der Waals surface area contributed by atoms with Gasteiger partial charge in [0.1, 0.15) is 5.54 Å². The Morgan fingerprint density at radius 1 is 1.29 bits per heavy atom. The van der Waals surface area contributed by atoms with Crippen molar-refractivity contribution in [3.8, 4) is 0 Å². The number of carbonyl (C=O) groups is 1. The Hall–Kier alpha value is -0.570. The average molecular weight is 243 g/mol. The first kappa shape index (κ1) is 16.4. The van der Waals surface area contributed by atoms with E-state index in [1.165, 1.54) is 52.1 Å². The van der Waals surface area contributed by atoms with Crippen molar-refractivity contribution in [2.45, 2.75) is 71.3 Å². The molecule has 0 amide bonds. The maximum absolute atomic E-state index is 10.5. The van der Waals surface area contributed by atoms with Gasteiger partial charge in [0.15, 0.2) is 0 Å². The summed E-state index contributed by atoms with van der Waals surface area (Å²) in [6.07, 6.45) is 10.4. The van der Waals surface area contributed by atoms with E-state index in [1.54, 1.807) is 13.8 Å². The fourth-order valence-electron chi connectivity index (χ4n) is 2.15. The van der Waals surface area contributed by atoms with Crippen molar-refractivity contribution in [3.05, 3.63) is 0 Å². The number of hydrogen-bond acceptors (Lipinski definition) is 3. The smallest absolute Gasteiger partial charge is 0.325 e. The Morgan fingerprint density at radius 2 is 1.82 bits per heavy atom. The van der Waals surface area contributed by atoms with Crippen molar-refractivity contribution >= 4 is 5.97 Å². The highest BCUT2D eigenvalue weighted by Crippen LogP contribution is 2.26. The summed E-state index contributed by atoms with van der Waals surface area (Å²) in [5.41, 5.74) is 4.46. The SMILES string of the molecule is CCCC1CCCCC1.COC(=O)C(C)(C)N. The first-order valence-corrected chi connectivity index (χ1v) is 6.79. The second-order valence-corrected chi connectivity index (χ2v) is 5.51. The van der Waals surface area contributed by atoms with Gasteiger partial charge < -0.3 is 10.5 Å². The van der Waals surface area contributed by atoms with E-state index in [1.807, 2.05) is 0 Å². The first-order valence-electron chi connectivity index (χ1n) is 6.79. The van der Waals surface area contributed by atoms with Gasteiger partial charge in [0.25, 0.3) is 0 Å². The molecule has 1 aliphatic carbocycles. The van der Waals surface area contributed by atoms with E-state index < -0.39 is 11.5 Å². The fourth-order valence-corrected chi connectivity index (χ4v) is 2.15. The van der Waals surface area contributed by atoms with Crippen molar-refractivity contribution in [3.63, 3.8) is 0 Å². The van der Waals surface area contributed by atoms with Gasteiger partial charge in [-0.15, -0.1) is 0 Å². The lowest BCUT2D eigenvalue weighted by Crippen LogP contribution is -2.42. The van der Waals surface area contributed by atoms with Crippen LogP contribution in [0.5, 0.6) is 0 Å². The molecule has 0 aromatic heterocycles. The highest BCUT2D eigenvalue weighted by Gasteiger charge is 2.21. The molecular formula is C14H29NO2. The number of esters is 1. The van der Waals surface area contributed by atoms with E-state index in [4.69, 9.17) is 5.73 Å². The second kappa shape index (κ2) is 8.51. The first-order chi connectivity index (χ1) is 7.91. The molecule has 1 saturated carbocycles. The molecule has 1 fully saturated rings. The zero-order valence-electron chi connectivity index (χ0n) is 11.9. The van der Waals surface area contributed by atoms with E-state index in [9.17, 15) is 4.79 Å². The third-order valence-electron chi connectivity index (χ3n) is 3.13. The minimum absolute atomic E-state index is 0.391. The molecule has 0 aromatic rings. The zero-order valence-corrected chi connectivity index (χ0v) is 11.9. The summed E-state index contributed by atoms with van der Waals surface area (Å²) in [6, 6.07) is 0. The Morgan fingerprint density at radius 3 is 2.12 bits per heavy atom. The molecule has 0 aliphatic heterocycles. The lowest BCUT2D eigenvalue weighted by atomic mass is 9.86. The van der Waals surface area contributed by atoms with Crippen LogP contribution in [0.25, 0.3) is 0 Å². The molecule has 0 heterocycles. The minimum atomic E-state index is -0.852. The largest absolute Gasteiger partial charge is 0.468 e. The Balaban J connectivity index is 0.000000304. The maximum Gasteiger partial charge on any atom is 0.325 e. The van der Waals surface area contributed by atoms with Gasteiger partial charge in [-0.1, -0.05) is 51.9 Å². The Bertz CT molecular complexity index is 200. The Labute approximate surface area is 106 Å². The van der Waals surface area contributed by atoms with Crippen molar-refractivity contribution < 1.29 is 9.53 Å². The molecule has 3 nitrogen and oxygen atoms in total. The normalized spacial score (nSPS) is 17.0. The summed E-state index contributed by atoms with van der Waals surface area (Å²) in [5.74, 6) is 0.709. The molecule has 0 saturated heterocycles. The van der Waals surface area contributed by atoms with Gasteiger partial charge in [-0.2, -0.15) is 0 Å². The number of carbonyl (C=O) groups excluding carboxylic acids is 1. The quantitative estimate of drug-likeness (QED) is 0.774. The molecule has 2 N–H and O–H groups in total. The standard InChI is InChI=1S/C9H18.C5H11NO2/c1-2-6-9-7-4-3-5-8-9;1-5(2,6)4(7)8-3/h9H,2-8H2,1H3;6H2,1-3H3. The van der Waals surface area contributed by atoms with Gasteiger partial charge in [0.05, 0.1) is 7.11 Å². The lowest BCUT2D eigenvalue weighted by Gasteiger charge is -2.20. The van der Waals surface area contributed by atoms with E-state index in [2.05, 4.69) is 11.7 Å². The number of nitrogens with two attached hydrogens (primary N) is 1. The lowest BCUT2D eigenvalue weighted by molar-refractivity contribution is -0.145. The highest BCUT2D eigenvalue weighted by atomic mass is 16.5. The topological polar surface area (TPSA) is 52.3 Å². The maximum atomic E-state index is 10.5. The predicted octanol–water partition coefficient (Wildman–Crippen LogP) is 3.26. The van der Waals surface area contributed by atoms with Gasteiger partial charge in [-0.25, -0.2) is 0 Å². The summed E-state index contributed by atoms with van der Waals surface area (Å²) < 4.78 is 4.35. The van der Waals surface area contributed by atoms with Gasteiger partial charge in [-0.3, -0.25) is 4.79 Å². The van der Waals surface area contributed by atoms with Crippen LogP contribution in [0.15, 0.2) is 0 Å². The number of ether oxygens (including phenoxy) is 1. The van der Waals surface area contributed by atoms with Crippen molar-refractivity contribution in [1.82, 2.24) is 0 Å². The summed E-state index contributed by atoms with van der Waals surface area (Å²) in [5, 5.41) is 0. The average Bonchev–Trinajstić information content (AvgIpc) is 2.29. The predicted molar refractivity (Wildman–Crippen MR) is 71.8 cm³/mol. The van der Waals surface area contributed by atoms with Crippen LogP contribution in [0, 0.1) is 5.92 Å². The molecular weight excluding hydrogens is 214 g/mol. The number of rotatable bonds is 3. The molecule has 0 bridgehead atoms. The zero-order chi connectivity index (χ0) is 13.3. The van der Waals surface area contributed by atoms with Crippen molar-refractivity contribution in [1.29, 1.82) is 0 Å². The van der Waals surface area contributed by atoms with E-state index >= 15 is 0 Å². The summed E-state index contributed by atoms with van der Waals surface area (Å²) >= 11 is 0. The minimum Gasteiger partial charge on any atom is -0.468 e. The van der Waals surface area contributed by atoms with Crippen LogP contribution >= 0.6 is 0 Å². The van der Waals surface area contributed by atoms with Gasteiger partial charge in [0, 0.05) is 0 Å². The van der Waals surface area contributed by atoms with Gasteiger partial charge in [0.2, 0.25) is 0 Å². The highest BCUT2D eigenvalue weighted by molar-refractivity contribution is 5.79. The van der Waals surface area contributed by atoms with E-state index in [0.29, 0.717) is 0 Å². The van der Waals surface area contributed by atoms with Gasteiger partial charge in [-0.05, 0) is 19.8 Å². The van der Waals surface area contributed by atoms with Crippen LogP contribution in [0.4, 0.5) is 0 Å². The third-order valence-corrected chi connectivity index (χ3v) is 3.13. The molecule has 17 heavy (non-hydrogen) atoms. The summed E-state index contributed by atoms with van der Waals surface area (Å²) in [6.45, 7) is 5.49. The van der Waals surface area contributed by atoms with Crippen LogP contribution < -0.4 is 5.73 Å². The Kier molecular flexibility index (Phi) is 8.23. The molecule has 0 radical (unpaired) electrons. The van der Waals surface area contributed by atoms with E-state index in [0.717, 1.165) is 5.92 Å². The fraction of sp³-hybridized carbons (Fsp3) is 0.929. The van der Waals surface area contributed by atoms with Crippen LogP contribution in [0.2, 0.25) is 0 Å². The number of hydrogen-bond donors (Lipinski definition) is 1. The molecule has 1 aliphatic rings. The molecule has 0 unspecified atom stereocenters. The molecule has 102 valence electrons. The summed E-state index contributed by atoms with van der Waals surface area (Å²) in [4.78, 5) is 10.5. The summed E-state index contributed by atoms with van der Waals surface area (Å²) in [7, 11) is 1.32.